The molecule has 2 aromatic rings. The second-order valence-corrected chi connectivity index (χ2v) is 8.76. The van der Waals surface area contributed by atoms with E-state index in [-0.39, 0.29) is 16.7 Å². The van der Waals surface area contributed by atoms with Crippen molar-refractivity contribution in [1.29, 1.82) is 0 Å². The van der Waals surface area contributed by atoms with Crippen LogP contribution in [0.25, 0.3) is 0 Å². The van der Waals surface area contributed by atoms with Crippen molar-refractivity contribution in [2.45, 2.75) is 55.8 Å². The summed E-state index contributed by atoms with van der Waals surface area (Å²) in [7, 11) is 0. The number of benzene rings is 1. The zero-order valence-electron chi connectivity index (χ0n) is 14.5. The molecule has 1 heterocycles. The second-order valence-electron chi connectivity index (χ2n) is 6.20. The Balaban J connectivity index is 1.85. The highest BCUT2D eigenvalue weighted by Crippen LogP contribution is 2.29. The van der Waals surface area contributed by atoms with E-state index in [9.17, 15) is 4.79 Å². The number of hydrogen-bond acceptors (Lipinski definition) is 6. The average molecular weight is 365 g/mol. The molecule has 1 atom stereocenters. The zero-order valence-corrected chi connectivity index (χ0v) is 16.1. The standard InChI is InChI=1S/C17H24N4OS2/c1-5-17(3,4)19-14(22)12(2)23-16-21-20-15(24-16)18-11-13-9-7-6-8-10-13/h6-10,12H,5,11H2,1-4H3,(H,18,20)(H,19,22). The lowest BCUT2D eigenvalue weighted by atomic mass is 10.0. The fourth-order valence-corrected chi connectivity index (χ4v) is 3.72. The molecule has 0 bridgehead atoms. The predicted molar refractivity (Wildman–Crippen MR) is 102 cm³/mol. The maximum Gasteiger partial charge on any atom is 0.233 e. The molecule has 130 valence electrons. The van der Waals surface area contributed by atoms with Gasteiger partial charge in [-0.1, -0.05) is 60.4 Å². The smallest absolute Gasteiger partial charge is 0.233 e. The van der Waals surface area contributed by atoms with Crippen LogP contribution in [0.15, 0.2) is 34.7 Å². The van der Waals surface area contributed by atoms with Gasteiger partial charge in [0.15, 0.2) is 4.34 Å². The highest BCUT2D eigenvalue weighted by molar-refractivity contribution is 8.02. The molecule has 1 aromatic carbocycles. The summed E-state index contributed by atoms with van der Waals surface area (Å²) in [4.78, 5) is 12.2. The van der Waals surface area contributed by atoms with Gasteiger partial charge in [0.1, 0.15) is 0 Å². The van der Waals surface area contributed by atoms with Crippen LogP contribution in [0.5, 0.6) is 0 Å². The van der Waals surface area contributed by atoms with Crippen LogP contribution in [0, 0.1) is 0 Å². The minimum absolute atomic E-state index is 0.0286. The van der Waals surface area contributed by atoms with Gasteiger partial charge in [-0.2, -0.15) is 0 Å². The number of rotatable bonds is 8. The van der Waals surface area contributed by atoms with Crippen LogP contribution < -0.4 is 10.6 Å². The minimum Gasteiger partial charge on any atom is -0.356 e. The summed E-state index contributed by atoms with van der Waals surface area (Å²) < 4.78 is 0.794. The van der Waals surface area contributed by atoms with E-state index in [2.05, 4.69) is 39.9 Å². The molecule has 24 heavy (non-hydrogen) atoms. The molecule has 7 heteroatoms. The van der Waals surface area contributed by atoms with Gasteiger partial charge in [-0.15, -0.1) is 10.2 Å². The Bertz CT molecular complexity index is 658. The highest BCUT2D eigenvalue weighted by atomic mass is 32.2. The van der Waals surface area contributed by atoms with Crippen molar-refractivity contribution in [1.82, 2.24) is 15.5 Å². The van der Waals surface area contributed by atoms with Gasteiger partial charge in [0.25, 0.3) is 0 Å². The molecule has 0 aliphatic carbocycles. The number of carbonyl (C=O) groups is 1. The quantitative estimate of drug-likeness (QED) is 0.695. The van der Waals surface area contributed by atoms with E-state index in [0.717, 1.165) is 15.9 Å². The van der Waals surface area contributed by atoms with Crippen molar-refractivity contribution in [3.05, 3.63) is 35.9 Å². The highest BCUT2D eigenvalue weighted by Gasteiger charge is 2.23. The van der Waals surface area contributed by atoms with Gasteiger partial charge >= 0.3 is 0 Å². The van der Waals surface area contributed by atoms with Gasteiger partial charge in [0.2, 0.25) is 11.0 Å². The molecule has 5 nitrogen and oxygen atoms in total. The van der Waals surface area contributed by atoms with Crippen LogP contribution in [-0.4, -0.2) is 26.9 Å². The Morgan fingerprint density at radius 2 is 2.00 bits per heavy atom. The van der Waals surface area contributed by atoms with E-state index in [1.807, 2.05) is 39.0 Å². The SMILES string of the molecule is CCC(C)(C)NC(=O)C(C)Sc1nnc(NCc2ccccc2)s1. The van der Waals surface area contributed by atoms with E-state index in [1.54, 1.807) is 0 Å². The molecule has 0 aliphatic heterocycles. The molecule has 0 saturated carbocycles. The zero-order chi connectivity index (χ0) is 17.6. The summed E-state index contributed by atoms with van der Waals surface area (Å²) in [5, 5.41) is 15.2. The van der Waals surface area contributed by atoms with Crippen LogP contribution in [0.3, 0.4) is 0 Å². The second kappa shape index (κ2) is 8.48. The van der Waals surface area contributed by atoms with E-state index in [0.29, 0.717) is 6.54 Å². The Kier molecular flexibility index (Phi) is 6.62. The number of carbonyl (C=O) groups excluding carboxylic acids is 1. The number of amides is 1. The molecule has 0 saturated heterocycles. The third-order valence-electron chi connectivity index (χ3n) is 3.69. The summed E-state index contributed by atoms with van der Waals surface area (Å²) in [5.41, 5.74) is 1.01. The maximum absolute atomic E-state index is 12.2. The fraction of sp³-hybridized carbons (Fsp3) is 0.471. The van der Waals surface area contributed by atoms with E-state index in [1.165, 1.54) is 28.7 Å². The molecule has 2 rings (SSSR count). The van der Waals surface area contributed by atoms with Gasteiger partial charge in [0.05, 0.1) is 5.25 Å². The van der Waals surface area contributed by atoms with Crippen LogP contribution in [0.2, 0.25) is 0 Å². The lowest BCUT2D eigenvalue weighted by Crippen LogP contribution is -2.46. The first-order valence-corrected chi connectivity index (χ1v) is 9.69. The normalized spacial score (nSPS) is 12.7. The molecule has 1 amide bonds. The molecule has 1 aromatic heterocycles. The molecule has 0 aliphatic rings. The summed E-state index contributed by atoms with van der Waals surface area (Å²) in [6, 6.07) is 10.1. The topological polar surface area (TPSA) is 66.9 Å². The van der Waals surface area contributed by atoms with E-state index in [4.69, 9.17) is 0 Å². The molecule has 0 fully saturated rings. The van der Waals surface area contributed by atoms with Crippen molar-refractivity contribution < 1.29 is 4.79 Å². The Morgan fingerprint density at radius 1 is 1.29 bits per heavy atom. The van der Waals surface area contributed by atoms with Crippen molar-refractivity contribution >= 4 is 34.1 Å². The first-order chi connectivity index (χ1) is 11.4. The number of nitrogens with zero attached hydrogens (tertiary/aromatic N) is 2. The first-order valence-electron chi connectivity index (χ1n) is 7.99. The molecular formula is C17H24N4OS2. The summed E-state index contributed by atoms with van der Waals surface area (Å²) in [5.74, 6) is 0.0286. The molecule has 0 spiro atoms. The Morgan fingerprint density at radius 3 is 2.67 bits per heavy atom. The van der Waals surface area contributed by atoms with Gasteiger partial charge in [-0.3, -0.25) is 4.79 Å². The van der Waals surface area contributed by atoms with Gasteiger partial charge in [-0.05, 0) is 32.8 Å². The first kappa shape index (κ1) is 18.7. The third-order valence-corrected chi connectivity index (χ3v) is 5.75. The largest absolute Gasteiger partial charge is 0.356 e. The number of hydrogen-bond donors (Lipinski definition) is 2. The van der Waals surface area contributed by atoms with Crippen LogP contribution in [-0.2, 0) is 11.3 Å². The van der Waals surface area contributed by atoms with Gasteiger partial charge < -0.3 is 10.6 Å². The van der Waals surface area contributed by atoms with Crippen molar-refractivity contribution in [2.75, 3.05) is 5.32 Å². The molecule has 2 N–H and O–H groups in total. The Hall–Kier alpha value is -1.60. The maximum atomic E-state index is 12.2. The van der Waals surface area contributed by atoms with Crippen LogP contribution >= 0.6 is 23.1 Å². The number of thioether (sulfide) groups is 1. The number of anilines is 1. The van der Waals surface area contributed by atoms with Gasteiger partial charge in [0, 0.05) is 12.1 Å². The Labute approximate surface area is 151 Å². The predicted octanol–water partition coefficient (Wildman–Crippen LogP) is 3.94. The third kappa shape index (κ3) is 5.79. The molecular weight excluding hydrogens is 340 g/mol. The van der Waals surface area contributed by atoms with Crippen molar-refractivity contribution in [2.24, 2.45) is 0 Å². The van der Waals surface area contributed by atoms with Crippen molar-refractivity contribution in [3.63, 3.8) is 0 Å². The molecule has 1 unspecified atom stereocenters. The van der Waals surface area contributed by atoms with Crippen LogP contribution in [0.1, 0.15) is 39.7 Å². The van der Waals surface area contributed by atoms with E-state index < -0.39 is 0 Å². The van der Waals surface area contributed by atoms with Gasteiger partial charge in [-0.25, -0.2) is 0 Å². The monoisotopic (exact) mass is 364 g/mol. The summed E-state index contributed by atoms with van der Waals surface area (Å²) >= 11 is 2.91. The fourth-order valence-electron chi connectivity index (χ4n) is 1.83. The number of nitrogens with one attached hydrogen (secondary N) is 2. The number of aromatic nitrogens is 2. The van der Waals surface area contributed by atoms with E-state index >= 15 is 0 Å². The lowest BCUT2D eigenvalue weighted by molar-refractivity contribution is -0.121. The summed E-state index contributed by atoms with van der Waals surface area (Å²) in [6.45, 7) is 8.72. The minimum atomic E-state index is -0.203. The van der Waals surface area contributed by atoms with Crippen molar-refractivity contribution in [3.8, 4) is 0 Å². The average Bonchev–Trinajstić information content (AvgIpc) is 3.01. The lowest BCUT2D eigenvalue weighted by Gasteiger charge is -2.26. The molecule has 0 radical (unpaired) electrons. The van der Waals surface area contributed by atoms with Crippen LogP contribution in [0.4, 0.5) is 5.13 Å². The summed E-state index contributed by atoms with van der Waals surface area (Å²) in [6.07, 6.45) is 0.891.